The fraction of sp³-hybridized carbons (Fsp3) is 0.346. The van der Waals surface area contributed by atoms with Gasteiger partial charge in [0.25, 0.3) is 0 Å². The van der Waals surface area contributed by atoms with E-state index >= 15 is 0 Å². The zero-order valence-corrected chi connectivity index (χ0v) is 22.0. The summed E-state index contributed by atoms with van der Waals surface area (Å²) < 4.78 is 39.2. The number of alkyl halides is 2. The third-order valence-electron chi connectivity index (χ3n) is 6.25. The van der Waals surface area contributed by atoms with Gasteiger partial charge in [0.15, 0.2) is 16.8 Å². The highest BCUT2D eigenvalue weighted by Gasteiger charge is 2.24. The number of hydrogen-bond acceptors (Lipinski definition) is 7. The Morgan fingerprint density at radius 1 is 1.24 bits per heavy atom. The van der Waals surface area contributed by atoms with Gasteiger partial charge in [-0.2, -0.15) is 8.78 Å². The maximum atomic E-state index is 13.3. The van der Waals surface area contributed by atoms with Crippen molar-refractivity contribution in [2.24, 2.45) is 0 Å². The molecule has 37 heavy (non-hydrogen) atoms. The van der Waals surface area contributed by atoms with Crippen LogP contribution < -0.4 is 4.74 Å². The molecule has 3 aromatic heterocycles. The number of hydrogen-bond donors (Lipinski definition) is 0. The van der Waals surface area contributed by atoms with E-state index in [4.69, 9.17) is 4.74 Å². The summed E-state index contributed by atoms with van der Waals surface area (Å²) in [7, 11) is 0. The van der Waals surface area contributed by atoms with Gasteiger partial charge in [-0.1, -0.05) is 17.8 Å². The second kappa shape index (κ2) is 11.2. The number of halogens is 2. The minimum absolute atomic E-state index is 0.0219. The van der Waals surface area contributed by atoms with Crippen LogP contribution in [-0.4, -0.2) is 50.2 Å². The molecule has 7 nitrogen and oxygen atoms in total. The van der Waals surface area contributed by atoms with Gasteiger partial charge < -0.3 is 14.0 Å². The van der Waals surface area contributed by atoms with Gasteiger partial charge in [-0.05, 0) is 68.5 Å². The number of thioether (sulfide) groups is 1. The van der Waals surface area contributed by atoms with Crippen molar-refractivity contribution in [2.75, 3.05) is 12.4 Å². The Morgan fingerprint density at radius 3 is 2.73 bits per heavy atom. The standard InChI is InChI=1S/C26H26F2N4O3S2/c1-16-13-21(17(2)32(16)18-7-9-19(10-8-18)35-25(27)28)22(33)15-37-26-30-29-24(23-6-4-12-36-23)31(26)14-20-5-3-11-34-20/h4,6-10,12-13,20,25H,3,5,11,14-15H2,1-2H3/t20-/m0/s1. The van der Waals surface area contributed by atoms with Gasteiger partial charge in [-0.25, -0.2) is 0 Å². The van der Waals surface area contributed by atoms with E-state index in [0.717, 1.165) is 47.2 Å². The van der Waals surface area contributed by atoms with Crippen LogP contribution in [0, 0.1) is 13.8 Å². The number of Topliss-reactive ketones (excluding diaryl/α,β-unsaturated/α-hetero) is 1. The van der Waals surface area contributed by atoms with E-state index in [0.29, 0.717) is 17.3 Å². The Kier molecular flexibility index (Phi) is 7.73. The molecule has 0 saturated carbocycles. The SMILES string of the molecule is Cc1cc(C(=O)CSc2nnc(-c3cccs3)n2C[C@@H]2CCCO2)c(C)n1-c1ccc(OC(F)F)cc1. The van der Waals surface area contributed by atoms with Crippen LogP contribution >= 0.6 is 23.1 Å². The van der Waals surface area contributed by atoms with Crippen molar-refractivity contribution in [3.8, 4) is 22.1 Å². The molecule has 0 bridgehead atoms. The Labute approximate surface area is 221 Å². The summed E-state index contributed by atoms with van der Waals surface area (Å²) in [5.74, 6) is 1.06. The number of ketones is 1. The molecule has 0 spiro atoms. The molecule has 4 heterocycles. The molecule has 0 unspecified atom stereocenters. The lowest BCUT2D eigenvalue weighted by atomic mass is 10.2. The van der Waals surface area contributed by atoms with Gasteiger partial charge in [0, 0.05) is 29.2 Å². The van der Waals surface area contributed by atoms with Crippen LogP contribution in [0.5, 0.6) is 5.75 Å². The lowest BCUT2D eigenvalue weighted by Gasteiger charge is -2.14. The summed E-state index contributed by atoms with van der Waals surface area (Å²) in [6, 6.07) is 12.2. The monoisotopic (exact) mass is 544 g/mol. The number of aryl methyl sites for hydroxylation is 1. The average molecular weight is 545 g/mol. The molecule has 1 aromatic carbocycles. The zero-order valence-electron chi connectivity index (χ0n) is 20.4. The largest absolute Gasteiger partial charge is 0.435 e. The van der Waals surface area contributed by atoms with E-state index in [1.165, 1.54) is 23.9 Å². The van der Waals surface area contributed by atoms with Crippen LogP contribution in [0.4, 0.5) is 8.78 Å². The smallest absolute Gasteiger partial charge is 0.387 e. The van der Waals surface area contributed by atoms with Gasteiger partial charge in [0.1, 0.15) is 5.75 Å². The highest BCUT2D eigenvalue weighted by atomic mass is 32.2. The summed E-state index contributed by atoms with van der Waals surface area (Å²) in [5, 5.41) is 11.5. The molecule has 1 fully saturated rings. The summed E-state index contributed by atoms with van der Waals surface area (Å²) in [4.78, 5) is 14.3. The topological polar surface area (TPSA) is 71.2 Å². The molecular weight excluding hydrogens is 518 g/mol. The van der Waals surface area contributed by atoms with Crippen molar-refractivity contribution < 1.29 is 23.0 Å². The van der Waals surface area contributed by atoms with Crippen molar-refractivity contribution in [3.63, 3.8) is 0 Å². The molecule has 0 N–H and O–H groups in total. The van der Waals surface area contributed by atoms with Crippen LogP contribution in [0.3, 0.4) is 0 Å². The maximum Gasteiger partial charge on any atom is 0.387 e. The second-order valence-corrected chi connectivity index (χ2v) is 10.6. The van der Waals surface area contributed by atoms with Crippen molar-refractivity contribution in [2.45, 2.75) is 51.1 Å². The molecule has 1 atom stereocenters. The van der Waals surface area contributed by atoms with E-state index in [2.05, 4.69) is 19.5 Å². The Balaban J connectivity index is 1.33. The van der Waals surface area contributed by atoms with Crippen molar-refractivity contribution >= 4 is 28.9 Å². The number of rotatable bonds is 10. The number of aromatic nitrogens is 4. The van der Waals surface area contributed by atoms with Crippen molar-refractivity contribution in [1.29, 1.82) is 0 Å². The van der Waals surface area contributed by atoms with Crippen LogP contribution in [-0.2, 0) is 11.3 Å². The number of nitrogens with zero attached hydrogens (tertiary/aromatic N) is 4. The Morgan fingerprint density at radius 2 is 2.05 bits per heavy atom. The first-order valence-corrected chi connectivity index (χ1v) is 13.8. The normalized spacial score (nSPS) is 15.5. The van der Waals surface area contributed by atoms with Gasteiger partial charge in [-0.3, -0.25) is 9.36 Å². The predicted molar refractivity (Wildman–Crippen MR) is 139 cm³/mol. The molecule has 1 aliphatic heterocycles. The first-order valence-electron chi connectivity index (χ1n) is 11.9. The molecule has 1 saturated heterocycles. The number of benzene rings is 1. The molecule has 194 valence electrons. The van der Waals surface area contributed by atoms with Crippen LogP contribution in [0.2, 0.25) is 0 Å². The third kappa shape index (κ3) is 5.63. The van der Waals surface area contributed by atoms with Crippen LogP contribution in [0.15, 0.2) is 53.0 Å². The van der Waals surface area contributed by atoms with E-state index in [1.807, 2.05) is 42.0 Å². The third-order valence-corrected chi connectivity index (χ3v) is 8.09. The molecule has 5 rings (SSSR count). The van der Waals surface area contributed by atoms with Gasteiger partial charge >= 0.3 is 6.61 Å². The van der Waals surface area contributed by atoms with E-state index < -0.39 is 6.61 Å². The molecule has 0 amide bonds. The van der Waals surface area contributed by atoms with Gasteiger partial charge in [-0.15, -0.1) is 21.5 Å². The minimum atomic E-state index is -2.87. The average Bonchev–Trinajstić information content (AvgIpc) is 3.67. The molecular formula is C26H26F2N4O3S2. The fourth-order valence-corrected chi connectivity index (χ4v) is 6.12. The lowest BCUT2D eigenvalue weighted by molar-refractivity contribution is -0.0498. The predicted octanol–water partition coefficient (Wildman–Crippen LogP) is 6.17. The number of ether oxygens (including phenoxy) is 2. The highest BCUT2D eigenvalue weighted by Crippen LogP contribution is 2.30. The fourth-order valence-electron chi connectivity index (χ4n) is 4.57. The van der Waals surface area contributed by atoms with Crippen LogP contribution in [0.1, 0.15) is 34.6 Å². The van der Waals surface area contributed by atoms with Gasteiger partial charge in [0.05, 0.1) is 23.3 Å². The van der Waals surface area contributed by atoms with Crippen molar-refractivity contribution in [3.05, 3.63) is 64.8 Å². The highest BCUT2D eigenvalue weighted by molar-refractivity contribution is 7.99. The molecule has 0 radical (unpaired) electrons. The summed E-state index contributed by atoms with van der Waals surface area (Å²) in [6.45, 7) is 2.33. The van der Waals surface area contributed by atoms with E-state index in [1.54, 1.807) is 23.5 Å². The van der Waals surface area contributed by atoms with Crippen LogP contribution in [0.25, 0.3) is 16.4 Å². The molecule has 4 aromatic rings. The van der Waals surface area contributed by atoms with Crippen molar-refractivity contribution in [1.82, 2.24) is 19.3 Å². The molecule has 11 heteroatoms. The summed E-state index contributed by atoms with van der Waals surface area (Å²) in [6.07, 6.45) is 2.15. The maximum absolute atomic E-state index is 13.3. The quantitative estimate of drug-likeness (QED) is 0.176. The Hall–Kier alpha value is -3.02. The number of carbonyl (C=O) groups excluding carboxylic acids is 1. The number of carbonyl (C=O) groups is 1. The minimum Gasteiger partial charge on any atom is -0.435 e. The first kappa shape index (κ1) is 25.6. The summed E-state index contributed by atoms with van der Waals surface area (Å²) >= 11 is 2.97. The lowest BCUT2D eigenvalue weighted by Crippen LogP contribution is -2.17. The first-order chi connectivity index (χ1) is 17.9. The van der Waals surface area contributed by atoms with E-state index in [-0.39, 0.29) is 23.4 Å². The van der Waals surface area contributed by atoms with E-state index in [9.17, 15) is 13.6 Å². The zero-order chi connectivity index (χ0) is 25.9. The second-order valence-electron chi connectivity index (χ2n) is 8.73. The number of thiophene rings is 1. The molecule has 1 aliphatic rings. The Bertz CT molecular complexity index is 1360. The van der Waals surface area contributed by atoms with Gasteiger partial charge in [0.2, 0.25) is 0 Å². The molecule has 0 aliphatic carbocycles. The summed E-state index contributed by atoms with van der Waals surface area (Å²) in [5.41, 5.74) is 3.03.